The van der Waals surface area contributed by atoms with Crippen molar-refractivity contribution >= 4 is 11.6 Å². The minimum absolute atomic E-state index is 0.280. The predicted molar refractivity (Wildman–Crippen MR) is 73.6 cm³/mol. The van der Waals surface area contributed by atoms with Crippen LogP contribution in [-0.2, 0) is 11.2 Å². The fraction of sp³-hybridized carbons (Fsp3) is 0.571. The number of hydrogen-bond donors (Lipinski definition) is 1. The lowest BCUT2D eigenvalue weighted by molar-refractivity contribution is 0.198. The summed E-state index contributed by atoms with van der Waals surface area (Å²) in [5, 5.41) is 3.85. The molecule has 0 spiro atoms. The third kappa shape index (κ3) is 5.80. The summed E-state index contributed by atoms with van der Waals surface area (Å²) in [6, 6.07) is 4.60. The van der Waals surface area contributed by atoms with Crippen molar-refractivity contribution in [2.45, 2.75) is 19.8 Å². The Morgan fingerprint density at radius 3 is 2.89 bits per heavy atom. The van der Waals surface area contributed by atoms with Crippen molar-refractivity contribution in [2.24, 2.45) is 5.92 Å². The number of aryl methyl sites for hydroxylation is 1. The third-order valence-electron chi connectivity index (χ3n) is 2.90. The Labute approximate surface area is 113 Å². The smallest absolute Gasteiger partial charge is 0.124 e. The molecule has 0 aromatic heterocycles. The molecule has 0 aliphatic carbocycles. The highest BCUT2D eigenvalue weighted by Crippen LogP contribution is 2.20. The van der Waals surface area contributed by atoms with E-state index in [1.165, 1.54) is 12.1 Å². The Hall–Kier alpha value is -0.640. The molecule has 2 nitrogen and oxygen atoms in total. The first kappa shape index (κ1) is 15.4. The Kier molecular flexibility index (Phi) is 7.25. The van der Waals surface area contributed by atoms with Gasteiger partial charge in [0.05, 0.1) is 6.61 Å². The van der Waals surface area contributed by atoms with E-state index in [1.54, 1.807) is 13.2 Å². The molecule has 0 saturated heterocycles. The summed E-state index contributed by atoms with van der Waals surface area (Å²) in [6.45, 7) is 4.76. The zero-order valence-electron chi connectivity index (χ0n) is 11.0. The van der Waals surface area contributed by atoms with E-state index in [2.05, 4.69) is 12.2 Å². The zero-order valence-corrected chi connectivity index (χ0v) is 11.8. The van der Waals surface area contributed by atoms with Crippen molar-refractivity contribution in [2.75, 3.05) is 26.8 Å². The molecule has 1 N–H and O–H groups in total. The molecule has 1 rings (SSSR count). The largest absolute Gasteiger partial charge is 0.383 e. The maximum absolute atomic E-state index is 12.9. The lowest BCUT2D eigenvalue weighted by Gasteiger charge is -2.13. The van der Waals surface area contributed by atoms with Crippen LogP contribution in [0.25, 0.3) is 0 Å². The molecule has 1 atom stereocenters. The van der Waals surface area contributed by atoms with Gasteiger partial charge in [-0.05, 0) is 43.0 Å². The van der Waals surface area contributed by atoms with Crippen LogP contribution in [0, 0.1) is 11.7 Å². The van der Waals surface area contributed by atoms with Gasteiger partial charge in [-0.15, -0.1) is 0 Å². The molecule has 1 aromatic rings. The van der Waals surface area contributed by atoms with Crippen LogP contribution in [0.15, 0.2) is 18.2 Å². The van der Waals surface area contributed by atoms with Crippen LogP contribution >= 0.6 is 11.6 Å². The van der Waals surface area contributed by atoms with Crippen molar-refractivity contribution in [1.29, 1.82) is 0 Å². The van der Waals surface area contributed by atoms with Crippen LogP contribution in [0.3, 0.4) is 0 Å². The molecular weight excluding hydrogens is 253 g/mol. The van der Waals surface area contributed by atoms with Gasteiger partial charge in [0.1, 0.15) is 5.82 Å². The van der Waals surface area contributed by atoms with Crippen LogP contribution in [0.5, 0.6) is 0 Å². The topological polar surface area (TPSA) is 21.3 Å². The van der Waals surface area contributed by atoms with Gasteiger partial charge in [-0.25, -0.2) is 4.39 Å². The summed E-state index contributed by atoms with van der Waals surface area (Å²) in [6.07, 6.45) is 1.91. The number of rotatable bonds is 8. The van der Waals surface area contributed by atoms with Gasteiger partial charge in [0.25, 0.3) is 0 Å². The maximum Gasteiger partial charge on any atom is 0.124 e. The lowest BCUT2D eigenvalue weighted by atomic mass is 10.0. The van der Waals surface area contributed by atoms with Crippen molar-refractivity contribution in [3.8, 4) is 0 Å². The van der Waals surface area contributed by atoms with E-state index < -0.39 is 0 Å². The predicted octanol–water partition coefficient (Wildman–Crippen LogP) is 3.28. The van der Waals surface area contributed by atoms with Gasteiger partial charge < -0.3 is 10.1 Å². The van der Waals surface area contributed by atoms with E-state index >= 15 is 0 Å². The number of hydrogen-bond acceptors (Lipinski definition) is 2. The Balaban J connectivity index is 2.27. The highest BCUT2D eigenvalue weighted by molar-refractivity contribution is 6.31. The first-order valence-electron chi connectivity index (χ1n) is 6.27. The molecule has 0 heterocycles. The molecule has 0 fully saturated rings. The molecule has 0 amide bonds. The molecule has 1 unspecified atom stereocenters. The summed E-state index contributed by atoms with van der Waals surface area (Å²) in [5.74, 6) is 0.279. The third-order valence-corrected chi connectivity index (χ3v) is 3.25. The van der Waals surface area contributed by atoms with Gasteiger partial charge >= 0.3 is 0 Å². The van der Waals surface area contributed by atoms with Crippen molar-refractivity contribution in [3.63, 3.8) is 0 Å². The van der Waals surface area contributed by atoms with E-state index in [-0.39, 0.29) is 5.82 Å². The van der Waals surface area contributed by atoms with Gasteiger partial charge in [-0.1, -0.05) is 24.6 Å². The Morgan fingerprint density at radius 1 is 1.44 bits per heavy atom. The van der Waals surface area contributed by atoms with Gasteiger partial charge in [0.15, 0.2) is 0 Å². The Morgan fingerprint density at radius 2 is 2.22 bits per heavy atom. The average molecular weight is 274 g/mol. The summed E-state index contributed by atoms with van der Waals surface area (Å²) in [5.41, 5.74) is 1.02. The second-order valence-electron chi connectivity index (χ2n) is 4.58. The molecule has 0 bridgehead atoms. The molecule has 18 heavy (non-hydrogen) atoms. The van der Waals surface area contributed by atoms with E-state index in [1.807, 2.05) is 0 Å². The van der Waals surface area contributed by atoms with Crippen molar-refractivity contribution in [3.05, 3.63) is 34.6 Å². The van der Waals surface area contributed by atoms with Gasteiger partial charge in [0.2, 0.25) is 0 Å². The number of ether oxygens (including phenoxy) is 1. The molecule has 0 saturated carbocycles. The van der Waals surface area contributed by atoms with E-state index in [0.717, 1.165) is 38.1 Å². The quantitative estimate of drug-likeness (QED) is 0.734. The highest BCUT2D eigenvalue weighted by atomic mass is 35.5. The second kappa shape index (κ2) is 8.46. The fourth-order valence-electron chi connectivity index (χ4n) is 1.75. The molecule has 0 aliphatic rings. The van der Waals surface area contributed by atoms with Gasteiger partial charge in [0, 0.05) is 18.7 Å². The zero-order chi connectivity index (χ0) is 13.4. The lowest BCUT2D eigenvalue weighted by Crippen LogP contribution is -2.25. The maximum atomic E-state index is 12.9. The Bertz CT molecular complexity index is 360. The normalized spacial score (nSPS) is 12.7. The van der Waals surface area contributed by atoms with E-state index in [9.17, 15) is 4.39 Å². The second-order valence-corrected chi connectivity index (χ2v) is 4.98. The molecule has 4 heteroatoms. The van der Waals surface area contributed by atoms with Crippen LogP contribution in [0.1, 0.15) is 18.9 Å². The highest BCUT2D eigenvalue weighted by Gasteiger charge is 2.06. The molecule has 0 aliphatic heterocycles. The van der Waals surface area contributed by atoms with Crippen LogP contribution < -0.4 is 5.32 Å². The molecule has 102 valence electrons. The first-order valence-corrected chi connectivity index (χ1v) is 6.65. The van der Waals surface area contributed by atoms with Crippen molar-refractivity contribution in [1.82, 2.24) is 5.32 Å². The number of nitrogens with one attached hydrogen (secondary N) is 1. The average Bonchev–Trinajstić information content (AvgIpc) is 2.33. The summed E-state index contributed by atoms with van der Waals surface area (Å²) >= 11 is 5.99. The standard InChI is InChI=1S/C14H21ClFNO/c1-11(10-17-7-8-18-2)3-4-12-5-6-13(16)9-14(12)15/h5-6,9,11,17H,3-4,7-8,10H2,1-2H3. The van der Waals surface area contributed by atoms with Crippen LogP contribution in [-0.4, -0.2) is 26.8 Å². The first-order chi connectivity index (χ1) is 8.63. The van der Waals surface area contributed by atoms with Crippen molar-refractivity contribution < 1.29 is 9.13 Å². The minimum Gasteiger partial charge on any atom is -0.383 e. The minimum atomic E-state index is -0.280. The van der Waals surface area contributed by atoms with Crippen LogP contribution in [0.2, 0.25) is 5.02 Å². The van der Waals surface area contributed by atoms with Crippen LogP contribution in [0.4, 0.5) is 4.39 Å². The molecule has 0 radical (unpaired) electrons. The number of benzene rings is 1. The van der Waals surface area contributed by atoms with Gasteiger partial charge in [-0.3, -0.25) is 0 Å². The summed E-state index contributed by atoms with van der Waals surface area (Å²) < 4.78 is 17.8. The monoisotopic (exact) mass is 273 g/mol. The molecule has 1 aromatic carbocycles. The van der Waals surface area contributed by atoms with Gasteiger partial charge in [-0.2, -0.15) is 0 Å². The fourth-order valence-corrected chi connectivity index (χ4v) is 2.01. The molecular formula is C14H21ClFNO. The van der Waals surface area contributed by atoms with E-state index in [0.29, 0.717) is 10.9 Å². The SMILES string of the molecule is COCCNCC(C)CCc1ccc(F)cc1Cl. The van der Waals surface area contributed by atoms with E-state index in [4.69, 9.17) is 16.3 Å². The number of methoxy groups -OCH3 is 1. The number of halogens is 2. The summed E-state index contributed by atoms with van der Waals surface area (Å²) in [7, 11) is 1.70. The summed E-state index contributed by atoms with van der Waals surface area (Å²) in [4.78, 5) is 0.